The minimum absolute atomic E-state index is 0.0790. The molecule has 1 aliphatic rings. The second kappa shape index (κ2) is 8.21. The molecule has 2 heterocycles. The number of carbonyl (C=O) groups excluding carboxylic acids is 1. The summed E-state index contributed by atoms with van der Waals surface area (Å²) in [5.74, 6) is 4.69. The molecule has 1 aromatic heterocycles. The van der Waals surface area contributed by atoms with Gasteiger partial charge in [0.15, 0.2) is 11.5 Å². The van der Waals surface area contributed by atoms with Gasteiger partial charge in [0, 0.05) is 18.0 Å². The predicted octanol–water partition coefficient (Wildman–Crippen LogP) is 3.38. The van der Waals surface area contributed by atoms with Crippen molar-refractivity contribution in [3.63, 3.8) is 0 Å². The Hall–Kier alpha value is -3.92. The first-order chi connectivity index (χ1) is 14.6. The van der Waals surface area contributed by atoms with Gasteiger partial charge in [-0.2, -0.15) is 0 Å². The van der Waals surface area contributed by atoms with E-state index in [0.717, 1.165) is 22.7 Å². The molecule has 7 heteroatoms. The van der Waals surface area contributed by atoms with E-state index < -0.39 is 0 Å². The fourth-order valence-electron chi connectivity index (χ4n) is 3.56. The van der Waals surface area contributed by atoms with Gasteiger partial charge in [0.25, 0.3) is 0 Å². The molecule has 0 spiro atoms. The number of methoxy groups -OCH3 is 2. The van der Waals surface area contributed by atoms with Gasteiger partial charge in [-0.25, -0.2) is 4.98 Å². The summed E-state index contributed by atoms with van der Waals surface area (Å²) < 4.78 is 18.1. The third-order valence-electron chi connectivity index (χ3n) is 5.02. The maximum Gasteiger partial charge on any atom is 0.226 e. The number of terminal acetylenes is 1. The molecule has 0 saturated heterocycles. The van der Waals surface area contributed by atoms with Crippen molar-refractivity contribution in [2.45, 2.75) is 12.3 Å². The summed E-state index contributed by atoms with van der Waals surface area (Å²) in [5, 5.41) is 2.95. The number of imidazole rings is 1. The number of amides is 1. The lowest BCUT2D eigenvalue weighted by molar-refractivity contribution is -0.116. The molecule has 1 amide bonds. The Bertz CT molecular complexity index is 1110. The Balaban J connectivity index is 1.73. The molecule has 30 heavy (non-hydrogen) atoms. The lowest BCUT2D eigenvalue weighted by atomic mass is 9.89. The fraction of sp³-hybridized carbons (Fsp3) is 0.217. The topological polar surface area (TPSA) is 74.6 Å². The van der Waals surface area contributed by atoms with E-state index in [0.29, 0.717) is 17.3 Å². The van der Waals surface area contributed by atoms with Crippen LogP contribution in [-0.4, -0.2) is 36.3 Å². The van der Waals surface area contributed by atoms with Crippen molar-refractivity contribution in [3.05, 3.63) is 60.0 Å². The zero-order valence-electron chi connectivity index (χ0n) is 16.7. The summed E-state index contributed by atoms with van der Waals surface area (Å²) in [6.07, 6.45) is 7.31. The normalized spacial score (nSPS) is 15.0. The van der Waals surface area contributed by atoms with Crippen molar-refractivity contribution >= 4 is 11.7 Å². The number of benzene rings is 2. The summed E-state index contributed by atoms with van der Waals surface area (Å²) in [6, 6.07) is 13.1. The van der Waals surface area contributed by atoms with Crippen LogP contribution in [-0.2, 0) is 4.79 Å². The number of carbonyl (C=O) groups is 1. The van der Waals surface area contributed by atoms with Crippen LogP contribution < -0.4 is 19.5 Å². The van der Waals surface area contributed by atoms with Gasteiger partial charge in [0.1, 0.15) is 24.5 Å². The van der Waals surface area contributed by atoms with E-state index in [1.807, 2.05) is 47.0 Å². The van der Waals surface area contributed by atoms with Crippen LogP contribution in [0.15, 0.2) is 48.8 Å². The third-order valence-corrected chi connectivity index (χ3v) is 5.02. The molecule has 7 nitrogen and oxygen atoms in total. The van der Waals surface area contributed by atoms with E-state index in [1.165, 1.54) is 0 Å². The highest BCUT2D eigenvalue weighted by molar-refractivity contribution is 5.94. The number of nitrogens with one attached hydrogen (secondary N) is 1. The molecule has 4 rings (SSSR count). The summed E-state index contributed by atoms with van der Waals surface area (Å²) >= 11 is 0. The maximum atomic E-state index is 12.5. The molecule has 0 aliphatic carbocycles. The zero-order valence-corrected chi connectivity index (χ0v) is 16.7. The summed E-state index contributed by atoms with van der Waals surface area (Å²) in [5.41, 5.74) is 2.57. The van der Waals surface area contributed by atoms with Crippen LogP contribution in [0.3, 0.4) is 0 Å². The number of hydrogen-bond acceptors (Lipinski definition) is 5. The van der Waals surface area contributed by atoms with Crippen molar-refractivity contribution < 1.29 is 19.0 Å². The first-order valence-electron chi connectivity index (χ1n) is 9.40. The molecule has 1 aliphatic heterocycles. The highest BCUT2D eigenvalue weighted by atomic mass is 16.5. The molecule has 152 valence electrons. The first kappa shape index (κ1) is 19.4. The van der Waals surface area contributed by atoms with Crippen LogP contribution in [0.4, 0.5) is 5.82 Å². The van der Waals surface area contributed by atoms with Crippen LogP contribution in [0, 0.1) is 12.3 Å². The molecule has 3 aromatic rings. The van der Waals surface area contributed by atoms with Gasteiger partial charge < -0.3 is 19.5 Å². The van der Waals surface area contributed by atoms with E-state index in [1.54, 1.807) is 20.5 Å². The van der Waals surface area contributed by atoms with Crippen molar-refractivity contribution in [1.82, 2.24) is 9.55 Å². The number of nitrogens with zero attached hydrogens (tertiary/aromatic N) is 2. The summed E-state index contributed by atoms with van der Waals surface area (Å²) in [4.78, 5) is 17.1. The van der Waals surface area contributed by atoms with Crippen LogP contribution in [0.1, 0.15) is 23.6 Å². The number of rotatable bonds is 6. The fourth-order valence-corrected chi connectivity index (χ4v) is 3.56. The molecule has 0 bridgehead atoms. The van der Waals surface area contributed by atoms with Crippen LogP contribution in [0.5, 0.6) is 17.2 Å². The molecule has 0 fully saturated rings. The average molecular weight is 403 g/mol. The lowest BCUT2D eigenvalue weighted by Gasteiger charge is -2.24. The second-order valence-corrected chi connectivity index (χ2v) is 6.75. The van der Waals surface area contributed by atoms with Crippen LogP contribution >= 0.6 is 0 Å². The Labute approximate surface area is 174 Å². The van der Waals surface area contributed by atoms with E-state index in [2.05, 4.69) is 16.2 Å². The smallest absolute Gasteiger partial charge is 0.226 e. The zero-order chi connectivity index (χ0) is 21.1. The van der Waals surface area contributed by atoms with Gasteiger partial charge in [0.2, 0.25) is 5.91 Å². The molecule has 0 radical (unpaired) electrons. The van der Waals surface area contributed by atoms with Gasteiger partial charge >= 0.3 is 0 Å². The van der Waals surface area contributed by atoms with E-state index in [4.69, 9.17) is 20.6 Å². The molecule has 1 atom stereocenters. The number of hydrogen-bond donors (Lipinski definition) is 1. The molecular weight excluding hydrogens is 382 g/mol. The van der Waals surface area contributed by atoms with Gasteiger partial charge in [0.05, 0.1) is 19.9 Å². The van der Waals surface area contributed by atoms with Gasteiger partial charge in [-0.3, -0.25) is 9.36 Å². The molecular formula is C23H21N3O4. The predicted molar refractivity (Wildman–Crippen MR) is 113 cm³/mol. The monoisotopic (exact) mass is 403 g/mol. The molecule has 2 aromatic carbocycles. The van der Waals surface area contributed by atoms with Crippen LogP contribution in [0.2, 0.25) is 0 Å². The highest BCUT2D eigenvalue weighted by Crippen LogP contribution is 2.40. The SMILES string of the molecule is C#CCOc1cc([C@@H]2CC(=O)Nc3c2ncn3-c2ccc(OC)cc2)ccc1OC. The number of fused-ring (bicyclic) bond motifs is 1. The highest BCUT2D eigenvalue weighted by Gasteiger charge is 2.31. The van der Waals surface area contributed by atoms with E-state index in [9.17, 15) is 4.79 Å². The molecule has 1 N–H and O–H groups in total. The van der Waals surface area contributed by atoms with Crippen molar-refractivity contribution in [2.75, 3.05) is 26.1 Å². The van der Waals surface area contributed by atoms with Crippen molar-refractivity contribution in [1.29, 1.82) is 0 Å². The minimum Gasteiger partial charge on any atom is -0.497 e. The Morgan fingerprint density at radius 3 is 2.67 bits per heavy atom. The first-order valence-corrected chi connectivity index (χ1v) is 9.40. The minimum atomic E-state index is -0.215. The van der Waals surface area contributed by atoms with E-state index in [-0.39, 0.29) is 24.9 Å². The third kappa shape index (κ3) is 3.55. The van der Waals surface area contributed by atoms with Crippen molar-refractivity contribution in [2.24, 2.45) is 0 Å². The van der Waals surface area contributed by atoms with Gasteiger partial charge in [-0.15, -0.1) is 6.42 Å². The summed E-state index contributed by atoms with van der Waals surface area (Å²) in [6.45, 7) is 0.127. The average Bonchev–Trinajstić information content (AvgIpc) is 3.20. The standard InChI is InChI=1S/C23H21N3O4/c1-4-11-30-20-12-15(5-10-19(20)29-3)18-13-21(27)25-23-22(18)24-14-26(23)16-6-8-17(28-2)9-7-16/h1,5-10,12,14,18H,11,13H2,2-3H3,(H,25,27)/t18-/m0/s1. The Morgan fingerprint density at radius 1 is 1.17 bits per heavy atom. The van der Waals surface area contributed by atoms with Gasteiger partial charge in [-0.05, 0) is 42.0 Å². The molecule has 0 saturated carbocycles. The Kier molecular flexibility index (Phi) is 5.31. The van der Waals surface area contributed by atoms with E-state index >= 15 is 0 Å². The maximum absolute atomic E-state index is 12.5. The van der Waals surface area contributed by atoms with Crippen LogP contribution in [0.25, 0.3) is 5.69 Å². The number of aromatic nitrogens is 2. The number of ether oxygens (including phenoxy) is 3. The molecule has 0 unspecified atom stereocenters. The largest absolute Gasteiger partial charge is 0.497 e. The van der Waals surface area contributed by atoms with Gasteiger partial charge in [-0.1, -0.05) is 12.0 Å². The lowest BCUT2D eigenvalue weighted by Crippen LogP contribution is -2.25. The quantitative estimate of drug-likeness (QED) is 0.639. The summed E-state index contributed by atoms with van der Waals surface area (Å²) in [7, 11) is 3.19. The Morgan fingerprint density at radius 2 is 1.97 bits per heavy atom. The number of anilines is 1. The second-order valence-electron chi connectivity index (χ2n) is 6.75. The van der Waals surface area contributed by atoms with Crippen molar-refractivity contribution in [3.8, 4) is 35.3 Å².